The minimum absolute atomic E-state index is 0.102. The van der Waals surface area contributed by atoms with Crippen LogP contribution in [0.3, 0.4) is 0 Å². The standard InChI is InChI=1S/C24H18FN3O4S/c1-13-11-15(14(2)27(13)20-6-4-3-5-18(20)23(31)32)12-19-21(29)26-24(33)28(22(19)30)17-9-7-16(25)8-10-17/h3-12H,1-2H3,(H,31,32)(H,26,29,33). The second-order valence-corrected chi connectivity index (χ2v) is 7.81. The molecule has 7 nitrogen and oxygen atoms in total. The Labute approximate surface area is 193 Å². The highest BCUT2D eigenvalue weighted by Crippen LogP contribution is 2.27. The summed E-state index contributed by atoms with van der Waals surface area (Å²) in [5.74, 6) is -2.84. The first-order valence-electron chi connectivity index (χ1n) is 9.87. The van der Waals surface area contributed by atoms with Crippen LogP contribution in [0.25, 0.3) is 11.8 Å². The third-order valence-corrected chi connectivity index (χ3v) is 5.62. The summed E-state index contributed by atoms with van der Waals surface area (Å²) in [4.78, 5) is 38.6. The summed E-state index contributed by atoms with van der Waals surface area (Å²) >= 11 is 5.16. The molecule has 2 N–H and O–H groups in total. The number of amides is 2. The number of hydrogen-bond donors (Lipinski definition) is 2. The summed E-state index contributed by atoms with van der Waals surface area (Å²) in [6.45, 7) is 3.57. The van der Waals surface area contributed by atoms with Crippen molar-refractivity contribution in [2.75, 3.05) is 4.90 Å². The highest BCUT2D eigenvalue weighted by atomic mass is 32.1. The maximum Gasteiger partial charge on any atom is 0.337 e. The van der Waals surface area contributed by atoms with Crippen LogP contribution in [-0.2, 0) is 9.59 Å². The molecule has 1 aliphatic rings. The molecule has 2 aromatic carbocycles. The Morgan fingerprint density at radius 1 is 1.09 bits per heavy atom. The van der Waals surface area contributed by atoms with Crippen molar-refractivity contribution in [3.05, 3.63) is 88.5 Å². The Morgan fingerprint density at radius 2 is 1.76 bits per heavy atom. The molecular weight excluding hydrogens is 445 g/mol. The van der Waals surface area contributed by atoms with Crippen LogP contribution in [0.4, 0.5) is 10.1 Å². The number of para-hydroxylation sites is 1. The number of carbonyl (C=O) groups is 3. The van der Waals surface area contributed by atoms with Crippen molar-refractivity contribution in [1.82, 2.24) is 9.88 Å². The van der Waals surface area contributed by atoms with E-state index >= 15 is 0 Å². The number of carboxylic acids is 1. The molecule has 4 rings (SSSR count). The van der Waals surface area contributed by atoms with Crippen LogP contribution in [0, 0.1) is 19.7 Å². The predicted octanol–water partition coefficient (Wildman–Crippen LogP) is 3.76. The molecule has 0 spiro atoms. The van der Waals surface area contributed by atoms with Gasteiger partial charge in [0.05, 0.1) is 16.9 Å². The lowest BCUT2D eigenvalue weighted by molar-refractivity contribution is -0.122. The maximum absolute atomic E-state index is 13.3. The molecule has 9 heteroatoms. The van der Waals surface area contributed by atoms with Crippen molar-refractivity contribution >= 4 is 46.9 Å². The van der Waals surface area contributed by atoms with Crippen LogP contribution in [-0.4, -0.2) is 32.6 Å². The second-order valence-electron chi connectivity index (χ2n) is 7.42. The highest BCUT2D eigenvalue weighted by molar-refractivity contribution is 7.80. The Hall–Kier alpha value is -4.11. The van der Waals surface area contributed by atoms with E-state index in [1.807, 2.05) is 0 Å². The van der Waals surface area contributed by atoms with E-state index in [9.17, 15) is 23.9 Å². The van der Waals surface area contributed by atoms with Gasteiger partial charge in [-0.05, 0) is 80.2 Å². The summed E-state index contributed by atoms with van der Waals surface area (Å²) in [6, 6.07) is 13.5. The number of aromatic nitrogens is 1. The number of anilines is 1. The molecule has 0 unspecified atom stereocenters. The molecule has 33 heavy (non-hydrogen) atoms. The molecule has 0 atom stereocenters. The summed E-state index contributed by atoms with van der Waals surface area (Å²) in [5.41, 5.74) is 2.70. The van der Waals surface area contributed by atoms with Gasteiger partial charge in [0, 0.05) is 11.4 Å². The molecular formula is C24H18FN3O4S. The largest absolute Gasteiger partial charge is 0.478 e. The van der Waals surface area contributed by atoms with Crippen LogP contribution in [0.1, 0.15) is 27.3 Å². The van der Waals surface area contributed by atoms with Gasteiger partial charge in [0.15, 0.2) is 5.11 Å². The summed E-state index contributed by atoms with van der Waals surface area (Å²) in [7, 11) is 0. The third-order valence-electron chi connectivity index (χ3n) is 5.33. The molecule has 2 amide bonds. The van der Waals surface area contributed by atoms with Crippen LogP contribution in [0.15, 0.2) is 60.2 Å². The monoisotopic (exact) mass is 463 g/mol. The minimum atomic E-state index is -1.07. The molecule has 0 aliphatic carbocycles. The number of benzene rings is 2. The van der Waals surface area contributed by atoms with Gasteiger partial charge in [-0.2, -0.15) is 0 Å². The van der Waals surface area contributed by atoms with E-state index in [0.29, 0.717) is 22.6 Å². The van der Waals surface area contributed by atoms with E-state index in [0.717, 1.165) is 10.6 Å². The molecule has 1 saturated heterocycles. The zero-order valence-electron chi connectivity index (χ0n) is 17.6. The van der Waals surface area contributed by atoms with Gasteiger partial charge in [-0.25, -0.2) is 9.18 Å². The number of nitrogens with zero attached hydrogens (tertiary/aromatic N) is 2. The Balaban J connectivity index is 1.79. The number of carbonyl (C=O) groups excluding carboxylic acids is 2. The lowest BCUT2D eigenvalue weighted by Gasteiger charge is -2.28. The normalized spacial score (nSPS) is 15.2. The Kier molecular flexibility index (Phi) is 5.65. The lowest BCUT2D eigenvalue weighted by Crippen LogP contribution is -2.54. The molecule has 1 aliphatic heterocycles. The van der Waals surface area contributed by atoms with Gasteiger partial charge in [-0.3, -0.25) is 19.8 Å². The van der Waals surface area contributed by atoms with E-state index in [1.54, 1.807) is 42.7 Å². The SMILES string of the molecule is Cc1cc(C=C2C(=O)NC(=S)N(c3ccc(F)cc3)C2=O)c(C)n1-c1ccccc1C(=O)O. The lowest BCUT2D eigenvalue weighted by atomic mass is 10.1. The first-order valence-corrected chi connectivity index (χ1v) is 10.3. The average Bonchev–Trinajstić information content (AvgIpc) is 3.05. The fourth-order valence-electron chi connectivity index (χ4n) is 3.79. The van der Waals surface area contributed by atoms with E-state index in [2.05, 4.69) is 5.32 Å². The first-order chi connectivity index (χ1) is 15.7. The number of aryl methyl sites for hydroxylation is 1. The van der Waals surface area contributed by atoms with Gasteiger partial charge in [0.2, 0.25) is 0 Å². The summed E-state index contributed by atoms with van der Waals surface area (Å²) in [6.07, 6.45) is 1.44. The highest BCUT2D eigenvalue weighted by Gasteiger charge is 2.34. The summed E-state index contributed by atoms with van der Waals surface area (Å²) < 4.78 is 15.1. The zero-order valence-corrected chi connectivity index (χ0v) is 18.4. The van der Waals surface area contributed by atoms with Crippen molar-refractivity contribution in [3.63, 3.8) is 0 Å². The third kappa shape index (κ3) is 3.94. The first kappa shape index (κ1) is 22.1. The van der Waals surface area contributed by atoms with Crippen molar-refractivity contribution in [2.45, 2.75) is 13.8 Å². The number of carboxylic acid groups (broad SMARTS) is 1. The van der Waals surface area contributed by atoms with E-state index < -0.39 is 23.6 Å². The van der Waals surface area contributed by atoms with Gasteiger partial charge in [0.25, 0.3) is 11.8 Å². The van der Waals surface area contributed by atoms with Gasteiger partial charge in [0.1, 0.15) is 11.4 Å². The Morgan fingerprint density at radius 3 is 2.42 bits per heavy atom. The molecule has 3 aromatic rings. The van der Waals surface area contributed by atoms with E-state index in [1.165, 1.54) is 36.4 Å². The molecule has 2 heterocycles. The van der Waals surface area contributed by atoms with Gasteiger partial charge in [-0.15, -0.1) is 0 Å². The fourth-order valence-corrected chi connectivity index (χ4v) is 4.07. The second kappa shape index (κ2) is 8.44. The number of nitrogens with one attached hydrogen (secondary N) is 1. The number of rotatable bonds is 4. The minimum Gasteiger partial charge on any atom is -0.478 e. The molecule has 166 valence electrons. The van der Waals surface area contributed by atoms with Crippen LogP contribution in [0.2, 0.25) is 0 Å². The van der Waals surface area contributed by atoms with Crippen molar-refractivity contribution in [1.29, 1.82) is 0 Å². The number of halogens is 1. The predicted molar refractivity (Wildman–Crippen MR) is 125 cm³/mol. The Bertz CT molecular complexity index is 1360. The van der Waals surface area contributed by atoms with E-state index in [-0.39, 0.29) is 16.2 Å². The summed E-state index contributed by atoms with van der Waals surface area (Å²) in [5, 5.41) is 12.0. The smallest absolute Gasteiger partial charge is 0.337 e. The number of hydrogen-bond acceptors (Lipinski definition) is 4. The van der Waals surface area contributed by atoms with Crippen molar-refractivity contribution in [2.24, 2.45) is 0 Å². The fraction of sp³-hybridized carbons (Fsp3) is 0.0833. The van der Waals surface area contributed by atoms with Crippen LogP contribution < -0.4 is 10.2 Å². The van der Waals surface area contributed by atoms with E-state index in [4.69, 9.17) is 12.2 Å². The van der Waals surface area contributed by atoms with Crippen molar-refractivity contribution < 1.29 is 23.9 Å². The molecule has 1 fully saturated rings. The molecule has 0 bridgehead atoms. The van der Waals surface area contributed by atoms with Gasteiger partial charge in [-0.1, -0.05) is 12.1 Å². The molecule has 0 saturated carbocycles. The maximum atomic E-state index is 13.3. The average molecular weight is 463 g/mol. The van der Waals surface area contributed by atoms with Crippen molar-refractivity contribution in [3.8, 4) is 5.69 Å². The quantitative estimate of drug-likeness (QED) is 0.349. The zero-order chi connectivity index (χ0) is 23.9. The number of thiocarbonyl (C=S) groups is 1. The van der Waals surface area contributed by atoms with Gasteiger partial charge < -0.3 is 9.67 Å². The molecule has 1 aromatic heterocycles. The topological polar surface area (TPSA) is 91.6 Å². The molecule has 0 radical (unpaired) electrons. The number of aromatic carboxylic acids is 1. The van der Waals surface area contributed by atoms with Crippen LogP contribution >= 0.6 is 12.2 Å². The van der Waals surface area contributed by atoms with Crippen LogP contribution in [0.5, 0.6) is 0 Å². The van der Waals surface area contributed by atoms with Gasteiger partial charge >= 0.3 is 5.97 Å².